The van der Waals surface area contributed by atoms with Crippen molar-refractivity contribution >= 4 is 164 Å². The second kappa shape index (κ2) is 40.3. The second-order valence-electron chi connectivity index (χ2n) is 17.4. The molecule has 3 saturated heterocycles. The van der Waals surface area contributed by atoms with Gasteiger partial charge in [-0.3, -0.25) is 5.41 Å². The van der Waals surface area contributed by atoms with Crippen molar-refractivity contribution < 1.29 is 25.3 Å². The number of halogens is 2. The van der Waals surface area contributed by atoms with Crippen molar-refractivity contribution in [2.24, 2.45) is 21.5 Å². The van der Waals surface area contributed by atoms with Gasteiger partial charge in [0.05, 0.1) is 36.9 Å². The van der Waals surface area contributed by atoms with E-state index in [1.165, 1.54) is 9.36 Å². The number of nitrogens with zero attached hydrogens (tertiary/aromatic N) is 9. The van der Waals surface area contributed by atoms with E-state index in [1.54, 1.807) is 85.7 Å². The highest BCUT2D eigenvalue weighted by Crippen LogP contribution is 2.25. The minimum Gasteiger partial charge on any atom is -0.399 e. The number of sulfonamides is 3. The summed E-state index contributed by atoms with van der Waals surface area (Å²) in [7, 11) is 5.90. The number of piperidine rings is 3. The third-order valence-corrected chi connectivity index (χ3v) is 17.6. The van der Waals surface area contributed by atoms with Crippen LogP contribution < -0.4 is 22.5 Å². The largest absolute Gasteiger partial charge is 0.399 e. The van der Waals surface area contributed by atoms with Gasteiger partial charge in [0.2, 0.25) is 47.1 Å². The number of hydrogen-bond acceptors (Lipinski definition) is 14. The van der Waals surface area contributed by atoms with Gasteiger partial charge in [0.1, 0.15) is 0 Å². The molecule has 0 spiro atoms. The summed E-state index contributed by atoms with van der Waals surface area (Å²) in [6.07, 6.45) is 8.89. The summed E-state index contributed by atoms with van der Waals surface area (Å²) in [5.74, 6) is 0.123. The lowest BCUT2D eigenvalue weighted by atomic mass is 9.81. The molecule has 0 aliphatic carbocycles. The molecule has 8 rings (SSSR count). The Morgan fingerprint density at radius 3 is 1.22 bits per heavy atom. The molecule has 0 unspecified atom stereocenters. The van der Waals surface area contributed by atoms with Crippen LogP contribution in [0.2, 0.25) is 0 Å². The molecular formula is C51H72B4Cl2N14O6S6. The SMILES string of the molecule is C.C=C.Cc1cc(C)n(C(=N)N)n1.Cc1cc(C)n(C(N)=NC(=S)Nc2ccc(S(=O)(=O)N3CCCCC3)cc2)n1.Nc1ccc(S(=O)(=O)N2CCCCC2)cc1.O=S(=O)(c1ccc(N=C=S)cc1)N1CCCCC1.S=C(Cl)Cl.[B][B].[B][B]. The molecule has 3 aromatic carbocycles. The zero-order chi connectivity index (χ0) is 62.2. The Morgan fingerprint density at radius 2 is 0.928 bits per heavy atom. The maximum Gasteiger partial charge on any atom is 0.243 e. The zero-order valence-corrected chi connectivity index (χ0v) is 52.7. The van der Waals surface area contributed by atoms with Gasteiger partial charge < -0.3 is 22.5 Å². The second-order valence-corrected chi connectivity index (χ2v) is 25.6. The lowest BCUT2D eigenvalue weighted by Crippen LogP contribution is -2.35. The van der Waals surface area contributed by atoms with E-state index >= 15 is 0 Å². The van der Waals surface area contributed by atoms with Crippen molar-refractivity contribution in [1.29, 1.82) is 5.41 Å². The Morgan fingerprint density at radius 1 is 0.614 bits per heavy atom. The van der Waals surface area contributed by atoms with Crippen LogP contribution >= 0.6 is 59.9 Å². The first kappa shape index (κ1) is 77.9. The van der Waals surface area contributed by atoms with Crippen LogP contribution in [-0.4, -0.2) is 154 Å². The van der Waals surface area contributed by atoms with Crippen LogP contribution in [0.5, 0.6) is 0 Å². The lowest BCUT2D eigenvalue weighted by molar-refractivity contribution is 0.346. The van der Waals surface area contributed by atoms with E-state index in [2.05, 4.69) is 99.2 Å². The van der Waals surface area contributed by atoms with E-state index in [0.29, 0.717) is 66.1 Å². The molecule has 32 heteroatoms. The number of thiocarbonyl (C=S) groups is 3. The van der Waals surface area contributed by atoms with Crippen LogP contribution in [0, 0.1) is 33.1 Å². The molecule has 3 aliphatic heterocycles. The highest BCUT2D eigenvalue weighted by atomic mass is 35.5. The maximum absolute atomic E-state index is 12.7. The van der Waals surface area contributed by atoms with Gasteiger partial charge in [-0.05, 0) is 176 Å². The van der Waals surface area contributed by atoms with Gasteiger partial charge in [-0.1, -0.05) is 62.1 Å². The fourth-order valence-electron chi connectivity index (χ4n) is 7.89. The zero-order valence-electron chi connectivity index (χ0n) is 46.3. The molecule has 0 bridgehead atoms. The summed E-state index contributed by atoms with van der Waals surface area (Å²) in [5.41, 5.74) is 22.0. The van der Waals surface area contributed by atoms with E-state index in [0.717, 1.165) is 80.6 Å². The van der Waals surface area contributed by atoms with E-state index in [1.807, 2.05) is 39.8 Å². The lowest BCUT2D eigenvalue weighted by Gasteiger charge is -2.25. The van der Waals surface area contributed by atoms with E-state index in [-0.39, 0.29) is 33.1 Å². The van der Waals surface area contributed by atoms with Crippen molar-refractivity contribution in [3.63, 3.8) is 0 Å². The number of nitrogens with two attached hydrogens (primary N) is 3. The van der Waals surface area contributed by atoms with Crippen molar-refractivity contribution in [1.82, 2.24) is 32.5 Å². The summed E-state index contributed by atoms with van der Waals surface area (Å²) >= 11 is 23.3. The quantitative estimate of drug-likeness (QED) is 0.0186. The Labute approximate surface area is 523 Å². The van der Waals surface area contributed by atoms with E-state index < -0.39 is 30.1 Å². The number of nitrogen functional groups attached to an aromatic ring is 2. The van der Waals surface area contributed by atoms with Crippen molar-refractivity contribution in [2.45, 2.75) is 108 Å². The van der Waals surface area contributed by atoms with Gasteiger partial charge in [-0.2, -0.15) is 33.1 Å². The molecule has 5 heterocycles. The predicted molar refractivity (Wildman–Crippen MR) is 356 cm³/mol. The van der Waals surface area contributed by atoms with E-state index in [4.69, 9.17) is 58.0 Å². The highest BCUT2D eigenvalue weighted by Gasteiger charge is 2.28. The normalized spacial score (nSPS) is 14.4. The molecule has 8 radical (unpaired) electrons. The molecule has 0 saturated carbocycles. The molecule has 5 aromatic rings. The first-order valence-electron chi connectivity index (χ1n) is 25.1. The summed E-state index contributed by atoms with van der Waals surface area (Å²) in [5, 5.41) is 20.7. The Kier molecular flexibility index (Phi) is 37.8. The van der Waals surface area contributed by atoms with Crippen LogP contribution in [0.15, 0.2) is 123 Å². The number of aliphatic imine (C=N–C) groups is 2. The maximum atomic E-state index is 12.7. The average Bonchev–Trinajstić information content (AvgIpc) is 4.10. The molecule has 83 heavy (non-hydrogen) atoms. The summed E-state index contributed by atoms with van der Waals surface area (Å²) in [6, 6.07) is 23.0. The Balaban J connectivity index is 0.00000107. The number of hydrogen-bond donors (Lipinski definition) is 5. The monoisotopic (exact) mass is 1280 g/mol. The van der Waals surface area contributed by atoms with Gasteiger partial charge in [-0.25, -0.2) is 34.6 Å². The molecule has 20 nitrogen and oxygen atoms in total. The number of nitrogens with one attached hydrogen (secondary N) is 2. The van der Waals surface area contributed by atoms with Gasteiger partial charge in [-0.15, -0.1) is 13.2 Å². The van der Waals surface area contributed by atoms with Gasteiger partial charge in [0.25, 0.3) is 0 Å². The molecule has 8 N–H and O–H groups in total. The molecule has 3 fully saturated rings. The summed E-state index contributed by atoms with van der Waals surface area (Å²) in [6.45, 7) is 17.1. The van der Waals surface area contributed by atoms with Crippen molar-refractivity contribution in [3.8, 4) is 0 Å². The summed E-state index contributed by atoms with van der Waals surface area (Å²) < 4.78 is 81.9. The van der Waals surface area contributed by atoms with Gasteiger partial charge in [0, 0.05) is 93.0 Å². The molecule has 0 atom stereocenters. The first-order chi connectivity index (χ1) is 38.9. The third-order valence-electron chi connectivity index (χ3n) is 11.5. The Bertz CT molecular complexity index is 3210. The number of rotatable bonds is 8. The molecule has 2 aromatic heterocycles. The minimum atomic E-state index is -3.45. The van der Waals surface area contributed by atoms with Gasteiger partial charge >= 0.3 is 0 Å². The highest BCUT2D eigenvalue weighted by molar-refractivity contribution is 7.89. The van der Waals surface area contributed by atoms with Gasteiger partial charge in [0.15, 0.2) is 3.78 Å². The number of isothiocyanates is 1. The third kappa shape index (κ3) is 26.4. The summed E-state index contributed by atoms with van der Waals surface area (Å²) in [4.78, 5) is 8.87. The molecular weight excluding hydrogens is 1210 g/mol. The van der Waals surface area contributed by atoms with Crippen molar-refractivity contribution in [3.05, 3.63) is 121 Å². The smallest absolute Gasteiger partial charge is 0.243 e. The van der Waals surface area contributed by atoms with E-state index in [9.17, 15) is 25.3 Å². The van der Waals surface area contributed by atoms with Crippen LogP contribution in [0.25, 0.3) is 0 Å². The molecule has 3 aliphatic rings. The average molecular weight is 1280 g/mol. The number of aromatic nitrogens is 4. The predicted octanol–water partition coefficient (Wildman–Crippen LogP) is 8.18. The number of aryl methyl sites for hydroxylation is 4. The fraction of sp³-hybridized carbons (Fsp3) is 0.392. The number of benzene rings is 3. The fourth-order valence-corrected chi connectivity index (χ4v) is 12.8. The number of anilines is 2. The van der Waals surface area contributed by atoms with Crippen LogP contribution in [-0.2, 0) is 30.1 Å². The molecule has 444 valence electrons. The van der Waals surface area contributed by atoms with Crippen LogP contribution in [0.4, 0.5) is 17.1 Å². The van der Waals surface area contributed by atoms with Crippen LogP contribution in [0.3, 0.4) is 0 Å². The van der Waals surface area contributed by atoms with Crippen LogP contribution in [0.1, 0.15) is 88.0 Å². The minimum absolute atomic E-state index is 0. The Hall–Kier alpha value is -5.09. The topological polar surface area (TPSA) is 286 Å². The first-order valence-corrected chi connectivity index (χ1v) is 31.4. The standard InChI is InChI=1S/C18H24N6O2S2.C12H14N2O2S2.C11H16N2O2S.C6H10N4.C2H4.CCl2S.CH4.2B2/c1-13-12-14(2)24(22-13)17(19)21-18(27)20-15-6-8-16(9-7-15)28(25,26)23-10-4-3-5-11-23;15-18(16,14-8-2-1-3-9-14)12-6-4-11(5-7-12)13-10-17;12-10-4-6-11(7-5-10)16(14,15)13-8-2-1-3-9-13;1-4-3-5(2)10(9-4)6(7)8;1-2;2-1(3)4;;2*1-2/h6-9,12H,3-5,10-11H2,1-2H3,(H3,19,20,21,27);4-7H,1-3,8-9H2;4-7H,1-3,8-9,12H2;3H,1-2H3,(H3,7,8);1-2H2;;1H4;;. The molecule has 0 amide bonds. The van der Waals surface area contributed by atoms with Crippen molar-refractivity contribution in [2.75, 3.05) is 50.3 Å².